The van der Waals surface area contributed by atoms with Crippen molar-refractivity contribution in [1.29, 1.82) is 0 Å². The van der Waals surface area contributed by atoms with Crippen LogP contribution in [-0.2, 0) is 0 Å². The summed E-state index contributed by atoms with van der Waals surface area (Å²) >= 11 is 11.9. The summed E-state index contributed by atoms with van der Waals surface area (Å²) in [5, 5.41) is 6.77. The first-order chi connectivity index (χ1) is 12.0. The molecule has 0 spiro atoms. The molecule has 3 rings (SSSR count). The SMILES string of the molecule is O=C(Nc1ccc(F)cc1)c1ccc(Nc2cc(Cl)cc(Cl)c2)cn1. The van der Waals surface area contributed by atoms with Crippen LogP contribution in [0.3, 0.4) is 0 Å². The van der Waals surface area contributed by atoms with Gasteiger partial charge in [0, 0.05) is 21.4 Å². The second kappa shape index (κ2) is 7.51. The molecule has 1 aromatic heterocycles. The fraction of sp³-hybridized carbons (Fsp3) is 0. The first kappa shape index (κ1) is 17.2. The summed E-state index contributed by atoms with van der Waals surface area (Å²) < 4.78 is 12.9. The van der Waals surface area contributed by atoms with Crippen molar-refractivity contribution < 1.29 is 9.18 Å². The van der Waals surface area contributed by atoms with E-state index in [1.807, 2.05) is 0 Å². The second-order valence-electron chi connectivity index (χ2n) is 5.18. The number of hydrogen-bond acceptors (Lipinski definition) is 3. The van der Waals surface area contributed by atoms with E-state index in [4.69, 9.17) is 23.2 Å². The molecule has 0 saturated carbocycles. The molecule has 1 heterocycles. The molecule has 7 heteroatoms. The predicted molar refractivity (Wildman–Crippen MR) is 98.3 cm³/mol. The molecule has 0 aliphatic rings. The average Bonchev–Trinajstić information content (AvgIpc) is 2.56. The van der Waals surface area contributed by atoms with Gasteiger partial charge in [-0.05, 0) is 54.6 Å². The Morgan fingerprint density at radius 2 is 1.52 bits per heavy atom. The zero-order valence-corrected chi connectivity index (χ0v) is 14.3. The summed E-state index contributed by atoms with van der Waals surface area (Å²) in [5.74, 6) is -0.753. The van der Waals surface area contributed by atoms with E-state index in [9.17, 15) is 9.18 Å². The van der Waals surface area contributed by atoms with E-state index in [0.717, 1.165) is 0 Å². The van der Waals surface area contributed by atoms with Gasteiger partial charge in [-0.25, -0.2) is 9.37 Å². The van der Waals surface area contributed by atoms with Gasteiger partial charge in [0.05, 0.1) is 11.9 Å². The van der Waals surface area contributed by atoms with Crippen LogP contribution in [0, 0.1) is 5.82 Å². The minimum Gasteiger partial charge on any atom is -0.354 e. The zero-order chi connectivity index (χ0) is 17.8. The fourth-order valence-electron chi connectivity index (χ4n) is 2.12. The second-order valence-corrected chi connectivity index (χ2v) is 6.05. The highest BCUT2D eigenvalue weighted by atomic mass is 35.5. The van der Waals surface area contributed by atoms with Crippen LogP contribution in [0.15, 0.2) is 60.8 Å². The number of aromatic nitrogens is 1. The molecule has 0 aliphatic heterocycles. The van der Waals surface area contributed by atoms with Gasteiger partial charge in [-0.2, -0.15) is 0 Å². The van der Waals surface area contributed by atoms with Crippen molar-refractivity contribution in [3.05, 3.63) is 82.4 Å². The summed E-state index contributed by atoms with van der Waals surface area (Å²) in [6.45, 7) is 0. The lowest BCUT2D eigenvalue weighted by Gasteiger charge is -2.08. The molecule has 4 nitrogen and oxygen atoms in total. The zero-order valence-electron chi connectivity index (χ0n) is 12.8. The molecular formula is C18H12Cl2FN3O. The van der Waals surface area contributed by atoms with Crippen molar-refractivity contribution in [3.8, 4) is 0 Å². The Hall–Kier alpha value is -2.63. The predicted octanol–water partition coefficient (Wildman–Crippen LogP) is 5.52. The molecule has 0 bridgehead atoms. The third kappa shape index (κ3) is 4.68. The number of nitrogens with zero attached hydrogens (tertiary/aromatic N) is 1. The third-order valence-corrected chi connectivity index (χ3v) is 3.69. The van der Waals surface area contributed by atoms with Crippen LogP contribution in [0.25, 0.3) is 0 Å². The first-order valence-electron chi connectivity index (χ1n) is 7.26. The molecule has 0 radical (unpaired) electrons. The molecule has 0 fully saturated rings. The maximum atomic E-state index is 12.9. The van der Waals surface area contributed by atoms with Gasteiger partial charge < -0.3 is 10.6 Å². The van der Waals surface area contributed by atoms with Crippen LogP contribution in [0.1, 0.15) is 10.5 Å². The fourth-order valence-corrected chi connectivity index (χ4v) is 2.65. The molecule has 2 N–H and O–H groups in total. The Morgan fingerprint density at radius 3 is 2.12 bits per heavy atom. The average molecular weight is 376 g/mol. The molecule has 126 valence electrons. The number of rotatable bonds is 4. The Morgan fingerprint density at radius 1 is 0.880 bits per heavy atom. The Kier molecular flexibility index (Phi) is 5.16. The number of carbonyl (C=O) groups excluding carboxylic acids is 1. The molecule has 0 aliphatic carbocycles. The Bertz CT molecular complexity index is 879. The monoisotopic (exact) mass is 375 g/mol. The number of benzene rings is 2. The lowest BCUT2D eigenvalue weighted by molar-refractivity contribution is 0.102. The van der Waals surface area contributed by atoms with Crippen LogP contribution in [0.2, 0.25) is 10.0 Å². The van der Waals surface area contributed by atoms with Gasteiger partial charge >= 0.3 is 0 Å². The van der Waals surface area contributed by atoms with Crippen molar-refractivity contribution in [2.75, 3.05) is 10.6 Å². The molecule has 25 heavy (non-hydrogen) atoms. The van der Waals surface area contributed by atoms with Crippen molar-refractivity contribution >= 4 is 46.2 Å². The number of hydrogen-bond donors (Lipinski definition) is 2. The first-order valence-corrected chi connectivity index (χ1v) is 8.01. The largest absolute Gasteiger partial charge is 0.354 e. The third-order valence-electron chi connectivity index (χ3n) is 3.25. The molecular weight excluding hydrogens is 364 g/mol. The van der Waals surface area contributed by atoms with E-state index in [-0.39, 0.29) is 17.4 Å². The summed E-state index contributed by atoms with van der Waals surface area (Å²) in [6, 6.07) is 13.9. The highest BCUT2D eigenvalue weighted by molar-refractivity contribution is 6.35. The van der Waals surface area contributed by atoms with E-state index < -0.39 is 0 Å². The summed E-state index contributed by atoms with van der Waals surface area (Å²) in [7, 11) is 0. The van der Waals surface area contributed by atoms with Crippen LogP contribution in [0.5, 0.6) is 0 Å². The maximum Gasteiger partial charge on any atom is 0.274 e. The van der Waals surface area contributed by atoms with Crippen molar-refractivity contribution in [2.45, 2.75) is 0 Å². The number of amides is 1. The quantitative estimate of drug-likeness (QED) is 0.630. The minimum absolute atomic E-state index is 0.235. The smallest absolute Gasteiger partial charge is 0.274 e. The Balaban J connectivity index is 1.68. The number of nitrogens with one attached hydrogen (secondary N) is 2. The number of anilines is 3. The molecule has 1 amide bonds. The molecule has 2 aromatic carbocycles. The van der Waals surface area contributed by atoms with E-state index >= 15 is 0 Å². The van der Waals surface area contributed by atoms with Crippen molar-refractivity contribution in [3.63, 3.8) is 0 Å². The summed E-state index contributed by atoms with van der Waals surface area (Å²) in [5.41, 5.74) is 2.11. The number of pyridine rings is 1. The van der Waals surface area contributed by atoms with E-state index in [1.165, 1.54) is 30.5 Å². The van der Waals surface area contributed by atoms with E-state index in [2.05, 4.69) is 15.6 Å². The van der Waals surface area contributed by atoms with E-state index in [0.29, 0.717) is 27.1 Å². The minimum atomic E-state index is -0.385. The van der Waals surface area contributed by atoms with Gasteiger partial charge in [-0.1, -0.05) is 23.2 Å². The molecule has 0 unspecified atom stereocenters. The highest BCUT2D eigenvalue weighted by Gasteiger charge is 2.08. The Labute approximate surface area is 153 Å². The molecule has 0 saturated heterocycles. The maximum absolute atomic E-state index is 12.9. The summed E-state index contributed by atoms with van der Waals surface area (Å²) in [4.78, 5) is 16.3. The summed E-state index contributed by atoms with van der Waals surface area (Å²) in [6.07, 6.45) is 1.52. The number of carbonyl (C=O) groups is 1. The van der Waals surface area contributed by atoms with Gasteiger partial charge in [0.2, 0.25) is 0 Å². The standard InChI is InChI=1S/C18H12Cl2FN3O/c19-11-7-12(20)9-16(8-11)23-15-5-6-17(22-10-15)18(25)24-14-3-1-13(21)2-4-14/h1-10,23H,(H,24,25). The number of halogens is 3. The molecule has 0 atom stereocenters. The van der Waals surface area contributed by atoms with Crippen LogP contribution >= 0.6 is 23.2 Å². The van der Waals surface area contributed by atoms with E-state index in [1.54, 1.807) is 30.3 Å². The lowest BCUT2D eigenvalue weighted by atomic mass is 10.2. The van der Waals surface area contributed by atoms with Crippen molar-refractivity contribution in [2.24, 2.45) is 0 Å². The van der Waals surface area contributed by atoms with Gasteiger partial charge in [-0.15, -0.1) is 0 Å². The lowest BCUT2D eigenvalue weighted by Crippen LogP contribution is -2.13. The van der Waals surface area contributed by atoms with Gasteiger partial charge in [-0.3, -0.25) is 4.79 Å². The topological polar surface area (TPSA) is 54.0 Å². The van der Waals surface area contributed by atoms with Crippen LogP contribution < -0.4 is 10.6 Å². The van der Waals surface area contributed by atoms with Crippen LogP contribution in [-0.4, -0.2) is 10.9 Å². The van der Waals surface area contributed by atoms with Gasteiger partial charge in [0.15, 0.2) is 0 Å². The van der Waals surface area contributed by atoms with Crippen molar-refractivity contribution in [1.82, 2.24) is 4.98 Å². The highest BCUT2D eigenvalue weighted by Crippen LogP contribution is 2.25. The van der Waals surface area contributed by atoms with Gasteiger partial charge in [0.25, 0.3) is 5.91 Å². The van der Waals surface area contributed by atoms with Gasteiger partial charge in [0.1, 0.15) is 11.5 Å². The van der Waals surface area contributed by atoms with Crippen LogP contribution in [0.4, 0.5) is 21.5 Å². The normalized spacial score (nSPS) is 10.4. The molecule has 3 aromatic rings.